The maximum Gasteiger partial charge on any atom is 0.329 e. The first-order chi connectivity index (χ1) is 11.3. The lowest BCUT2D eigenvalue weighted by Gasteiger charge is -2.28. The Morgan fingerprint density at radius 2 is 1.71 bits per heavy atom. The SMILES string of the molecule is CC(C)(C)C(=O)COC(=O)[C@H]1CCCN1C(=O)NC1CCCCC1. The minimum Gasteiger partial charge on any atom is -0.456 e. The second-order valence-electron chi connectivity index (χ2n) is 7.92. The molecule has 136 valence electrons. The summed E-state index contributed by atoms with van der Waals surface area (Å²) in [6.07, 6.45) is 6.92. The molecule has 0 bridgehead atoms. The molecule has 1 saturated carbocycles. The Labute approximate surface area is 144 Å². The lowest BCUT2D eigenvalue weighted by atomic mass is 9.91. The van der Waals surface area contributed by atoms with Gasteiger partial charge in [0.05, 0.1) is 0 Å². The van der Waals surface area contributed by atoms with Crippen LogP contribution in [0.5, 0.6) is 0 Å². The molecule has 2 amide bonds. The number of carbonyl (C=O) groups is 3. The molecule has 1 atom stereocenters. The molecule has 6 nitrogen and oxygen atoms in total. The topological polar surface area (TPSA) is 75.7 Å². The minimum atomic E-state index is -0.568. The van der Waals surface area contributed by atoms with Gasteiger partial charge in [-0.1, -0.05) is 40.0 Å². The second-order valence-corrected chi connectivity index (χ2v) is 7.92. The molecule has 2 rings (SSSR count). The molecule has 1 N–H and O–H groups in total. The number of carbonyl (C=O) groups excluding carboxylic acids is 3. The smallest absolute Gasteiger partial charge is 0.329 e. The molecule has 6 heteroatoms. The van der Waals surface area contributed by atoms with Crippen LogP contribution in [0.4, 0.5) is 4.79 Å². The van der Waals surface area contributed by atoms with Gasteiger partial charge in [-0.3, -0.25) is 4.79 Å². The van der Waals surface area contributed by atoms with Crippen LogP contribution < -0.4 is 5.32 Å². The quantitative estimate of drug-likeness (QED) is 0.800. The van der Waals surface area contributed by atoms with Gasteiger partial charge in [0.15, 0.2) is 12.4 Å². The molecule has 1 heterocycles. The summed E-state index contributed by atoms with van der Waals surface area (Å²) in [5, 5.41) is 3.05. The van der Waals surface area contributed by atoms with Crippen molar-refractivity contribution in [3.8, 4) is 0 Å². The summed E-state index contributed by atoms with van der Waals surface area (Å²) in [5.74, 6) is -0.587. The van der Waals surface area contributed by atoms with E-state index in [2.05, 4.69) is 5.32 Å². The van der Waals surface area contributed by atoms with Gasteiger partial charge in [0.25, 0.3) is 0 Å². The summed E-state index contributed by atoms with van der Waals surface area (Å²) in [4.78, 5) is 38.2. The lowest BCUT2D eigenvalue weighted by molar-refractivity contribution is -0.153. The third kappa shape index (κ3) is 4.95. The molecule has 0 unspecified atom stereocenters. The predicted octanol–water partition coefficient (Wildman–Crippen LogP) is 2.65. The van der Waals surface area contributed by atoms with Crippen LogP contribution in [0.2, 0.25) is 0 Å². The summed E-state index contributed by atoms with van der Waals surface area (Å²) < 4.78 is 5.17. The highest BCUT2D eigenvalue weighted by Crippen LogP contribution is 2.22. The Hall–Kier alpha value is -1.59. The van der Waals surface area contributed by atoms with Crippen molar-refractivity contribution in [2.45, 2.75) is 77.8 Å². The molecule has 24 heavy (non-hydrogen) atoms. The van der Waals surface area contributed by atoms with Crippen molar-refractivity contribution in [2.24, 2.45) is 5.41 Å². The van der Waals surface area contributed by atoms with E-state index >= 15 is 0 Å². The third-order valence-corrected chi connectivity index (χ3v) is 4.90. The van der Waals surface area contributed by atoms with Gasteiger partial charge in [0, 0.05) is 18.0 Å². The molecule has 0 spiro atoms. The van der Waals surface area contributed by atoms with Crippen LogP contribution in [-0.2, 0) is 14.3 Å². The van der Waals surface area contributed by atoms with E-state index in [0.29, 0.717) is 13.0 Å². The fourth-order valence-electron chi connectivity index (χ4n) is 3.21. The van der Waals surface area contributed by atoms with Crippen molar-refractivity contribution < 1.29 is 19.1 Å². The lowest BCUT2D eigenvalue weighted by Crippen LogP contribution is -2.50. The average molecular weight is 338 g/mol. The zero-order chi connectivity index (χ0) is 17.7. The van der Waals surface area contributed by atoms with Crippen molar-refractivity contribution in [3.63, 3.8) is 0 Å². The number of hydrogen-bond acceptors (Lipinski definition) is 4. The number of nitrogens with zero attached hydrogens (tertiary/aromatic N) is 1. The maximum atomic E-state index is 12.5. The number of Topliss-reactive ketones (excluding diaryl/α,β-unsaturated/α-hetero) is 1. The fraction of sp³-hybridized carbons (Fsp3) is 0.833. The first kappa shape index (κ1) is 18.7. The minimum absolute atomic E-state index is 0.118. The van der Waals surface area contributed by atoms with Gasteiger partial charge in [0.1, 0.15) is 6.04 Å². The number of esters is 1. The maximum absolute atomic E-state index is 12.5. The van der Waals surface area contributed by atoms with Crippen LogP contribution in [0.25, 0.3) is 0 Å². The van der Waals surface area contributed by atoms with Gasteiger partial charge in [-0.25, -0.2) is 9.59 Å². The van der Waals surface area contributed by atoms with Crippen molar-refractivity contribution in [2.75, 3.05) is 13.2 Å². The number of rotatable bonds is 4. The molecule has 1 saturated heterocycles. The van der Waals surface area contributed by atoms with Crippen LogP contribution >= 0.6 is 0 Å². The van der Waals surface area contributed by atoms with E-state index in [4.69, 9.17) is 4.74 Å². The van der Waals surface area contributed by atoms with Crippen molar-refractivity contribution in [1.82, 2.24) is 10.2 Å². The van der Waals surface area contributed by atoms with E-state index in [0.717, 1.165) is 32.1 Å². The first-order valence-electron chi connectivity index (χ1n) is 9.06. The molecular formula is C18H30N2O4. The highest BCUT2D eigenvalue weighted by atomic mass is 16.5. The van der Waals surface area contributed by atoms with Gasteiger partial charge >= 0.3 is 12.0 Å². The molecule has 2 fully saturated rings. The fourth-order valence-corrected chi connectivity index (χ4v) is 3.21. The van der Waals surface area contributed by atoms with Crippen molar-refractivity contribution in [3.05, 3.63) is 0 Å². The largest absolute Gasteiger partial charge is 0.456 e. The van der Waals surface area contributed by atoms with Crippen LogP contribution in [0.15, 0.2) is 0 Å². The summed E-state index contributed by atoms with van der Waals surface area (Å²) in [6, 6.07) is -0.532. The number of amides is 2. The molecule has 1 aliphatic heterocycles. The van der Waals surface area contributed by atoms with Crippen LogP contribution in [0.3, 0.4) is 0 Å². The first-order valence-corrected chi connectivity index (χ1v) is 9.06. The predicted molar refractivity (Wildman–Crippen MR) is 90.6 cm³/mol. The highest BCUT2D eigenvalue weighted by molar-refractivity contribution is 5.89. The Morgan fingerprint density at radius 3 is 2.33 bits per heavy atom. The molecule has 1 aliphatic carbocycles. The monoisotopic (exact) mass is 338 g/mol. The zero-order valence-corrected chi connectivity index (χ0v) is 15.1. The number of ether oxygens (including phenoxy) is 1. The Balaban J connectivity index is 1.85. The number of ketones is 1. The average Bonchev–Trinajstić information content (AvgIpc) is 3.02. The van der Waals surface area contributed by atoms with Crippen molar-refractivity contribution >= 4 is 17.8 Å². The molecule has 0 radical (unpaired) electrons. The van der Waals surface area contributed by atoms with E-state index < -0.39 is 17.4 Å². The summed E-state index contributed by atoms with van der Waals surface area (Å²) >= 11 is 0. The van der Waals surface area contributed by atoms with E-state index in [9.17, 15) is 14.4 Å². The normalized spacial score (nSPS) is 22.3. The van der Waals surface area contributed by atoms with Gasteiger partial charge in [-0.15, -0.1) is 0 Å². The molecular weight excluding hydrogens is 308 g/mol. The second kappa shape index (κ2) is 7.99. The van der Waals surface area contributed by atoms with E-state index in [-0.39, 0.29) is 24.5 Å². The number of hydrogen-bond donors (Lipinski definition) is 1. The summed E-state index contributed by atoms with van der Waals surface area (Å²) in [7, 11) is 0. The number of urea groups is 1. The van der Waals surface area contributed by atoms with E-state index in [1.807, 2.05) is 0 Å². The van der Waals surface area contributed by atoms with Crippen LogP contribution in [0, 0.1) is 5.41 Å². The zero-order valence-electron chi connectivity index (χ0n) is 15.1. The van der Waals surface area contributed by atoms with Gasteiger partial charge in [-0.2, -0.15) is 0 Å². The van der Waals surface area contributed by atoms with Crippen LogP contribution in [-0.4, -0.2) is 47.9 Å². The summed E-state index contributed by atoms with van der Waals surface area (Å²) in [6.45, 7) is 5.72. The Morgan fingerprint density at radius 1 is 1.04 bits per heavy atom. The van der Waals surface area contributed by atoms with Gasteiger partial charge < -0.3 is 15.0 Å². The highest BCUT2D eigenvalue weighted by Gasteiger charge is 2.36. The van der Waals surface area contributed by atoms with E-state index in [1.165, 1.54) is 6.42 Å². The summed E-state index contributed by atoms with van der Waals surface area (Å²) in [5.41, 5.74) is -0.534. The van der Waals surface area contributed by atoms with Crippen LogP contribution in [0.1, 0.15) is 65.7 Å². The molecule has 0 aromatic rings. The Bertz CT molecular complexity index is 478. The molecule has 2 aliphatic rings. The Kier molecular flexibility index (Phi) is 6.24. The standard InChI is InChI=1S/C18H30N2O4/c1-18(2,3)15(21)12-24-16(22)14-10-7-11-20(14)17(23)19-13-8-5-4-6-9-13/h13-14H,4-12H2,1-3H3,(H,19,23)/t14-/m1/s1. The molecule has 0 aromatic heterocycles. The van der Waals surface area contributed by atoms with E-state index in [1.54, 1.807) is 25.7 Å². The molecule has 0 aromatic carbocycles. The third-order valence-electron chi connectivity index (χ3n) is 4.90. The van der Waals surface area contributed by atoms with Gasteiger partial charge in [0.2, 0.25) is 0 Å². The number of likely N-dealkylation sites (tertiary alicyclic amines) is 1. The van der Waals surface area contributed by atoms with Crippen molar-refractivity contribution in [1.29, 1.82) is 0 Å². The van der Waals surface area contributed by atoms with Gasteiger partial charge in [-0.05, 0) is 25.7 Å². The number of nitrogens with one attached hydrogen (secondary N) is 1.